The van der Waals surface area contributed by atoms with Gasteiger partial charge in [-0.3, -0.25) is 9.58 Å². The molecule has 0 aliphatic carbocycles. The van der Waals surface area contributed by atoms with Crippen molar-refractivity contribution in [3.63, 3.8) is 0 Å². The molecule has 1 atom stereocenters. The number of aromatic nitrogens is 2. The fourth-order valence-electron chi connectivity index (χ4n) is 2.58. The van der Waals surface area contributed by atoms with Crippen LogP contribution in [-0.4, -0.2) is 40.9 Å². The molecule has 0 radical (unpaired) electrons. The summed E-state index contributed by atoms with van der Waals surface area (Å²) in [5.74, 6) is 1.56. The van der Waals surface area contributed by atoms with Crippen molar-refractivity contribution in [3.05, 3.63) is 18.0 Å². The van der Waals surface area contributed by atoms with Gasteiger partial charge in [-0.1, -0.05) is 13.8 Å². The van der Waals surface area contributed by atoms with Gasteiger partial charge in [0, 0.05) is 26.3 Å². The maximum absolute atomic E-state index is 4.22. The molecular weight excluding hydrogens is 224 g/mol. The Morgan fingerprint density at radius 1 is 1.50 bits per heavy atom. The van der Waals surface area contributed by atoms with Crippen LogP contribution in [0.2, 0.25) is 0 Å². The number of hydrogen-bond acceptors (Lipinski definition) is 3. The Morgan fingerprint density at radius 3 is 3.00 bits per heavy atom. The highest BCUT2D eigenvalue weighted by Crippen LogP contribution is 2.17. The summed E-state index contributed by atoms with van der Waals surface area (Å²) in [6, 6.07) is 2.12. The maximum Gasteiger partial charge on any atom is 0.0521 e. The summed E-state index contributed by atoms with van der Waals surface area (Å²) < 4.78 is 1.98. The standard InChI is InChI=1S/C14H26N4/c1-12(2)8-15-9-13-5-7-18(10-13)11-14-4-6-16-17(14)3/h4,6,12-13,15H,5,7-11H2,1-3H3. The summed E-state index contributed by atoms with van der Waals surface area (Å²) in [6.07, 6.45) is 3.20. The summed E-state index contributed by atoms with van der Waals surface area (Å²) in [5, 5.41) is 7.80. The van der Waals surface area contributed by atoms with Gasteiger partial charge in [0.15, 0.2) is 0 Å². The summed E-state index contributed by atoms with van der Waals surface area (Å²) in [7, 11) is 2.02. The number of likely N-dealkylation sites (tertiary alicyclic amines) is 1. The van der Waals surface area contributed by atoms with E-state index in [0.29, 0.717) is 0 Å². The molecule has 2 heterocycles. The smallest absolute Gasteiger partial charge is 0.0521 e. The van der Waals surface area contributed by atoms with Crippen LogP contribution in [0.1, 0.15) is 26.0 Å². The van der Waals surface area contributed by atoms with E-state index in [-0.39, 0.29) is 0 Å². The van der Waals surface area contributed by atoms with Crippen molar-refractivity contribution in [2.24, 2.45) is 18.9 Å². The zero-order valence-electron chi connectivity index (χ0n) is 11.9. The minimum atomic E-state index is 0.747. The Kier molecular flexibility index (Phi) is 4.78. The van der Waals surface area contributed by atoms with Gasteiger partial charge in [0.2, 0.25) is 0 Å². The van der Waals surface area contributed by atoms with Gasteiger partial charge in [0.1, 0.15) is 0 Å². The molecule has 18 heavy (non-hydrogen) atoms. The first-order valence-corrected chi connectivity index (χ1v) is 7.05. The van der Waals surface area contributed by atoms with Crippen LogP contribution < -0.4 is 5.32 Å². The summed E-state index contributed by atoms with van der Waals surface area (Å²) in [5.41, 5.74) is 1.31. The van der Waals surface area contributed by atoms with Gasteiger partial charge < -0.3 is 5.32 Å². The molecule has 1 aliphatic rings. The number of nitrogens with one attached hydrogen (secondary N) is 1. The van der Waals surface area contributed by atoms with Crippen molar-refractivity contribution in [1.29, 1.82) is 0 Å². The molecule has 2 rings (SSSR count). The maximum atomic E-state index is 4.22. The average molecular weight is 250 g/mol. The van der Waals surface area contributed by atoms with Crippen LogP contribution in [0.4, 0.5) is 0 Å². The molecule has 1 N–H and O–H groups in total. The molecule has 102 valence electrons. The first-order valence-electron chi connectivity index (χ1n) is 7.05. The van der Waals surface area contributed by atoms with Gasteiger partial charge in [-0.15, -0.1) is 0 Å². The molecule has 0 amide bonds. The average Bonchev–Trinajstić information content (AvgIpc) is 2.90. The topological polar surface area (TPSA) is 33.1 Å². The van der Waals surface area contributed by atoms with E-state index in [1.165, 1.54) is 31.7 Å². The molecule has 1 unspecified atom stereocenters. The third kappa shape index (κ3) is 3.82. The van der Waals surface area contributed by atoms with Crippen molar-refractivity contribution in [3.8, 4) is 0 Å². The third-order valence-corrected chi connectivity index (χ3v) is 3.66. The van der Waals surface area contributed by atoms with E-state index in [1.54, 1.807) is 0 Å². The second-order valence-electron chi connectivity index (χ2n) is 5.89. The van der Waals surface area contributed by atoms with Crippen molar-refractivity contribution in [1.82, 2.24) is 20.0 Å². The first kappa shape index (κ1) is 13.6. The Morgan fingerprint density at radius 2 is 2.33 bits per heavy atom. The van der Waals surface area contributed by atoms with Crippen LogP contribution >= 0.6 is 0 Å². The Labute approximate surface area is 110 Å². The highest BCUT2D eigenvalue weighted by Gasteiger charge is 2.22. The zero-order chi connectivity index (χ0) is 13.0. The van der Waals surface area contributed by atoms with E-state index in [0.717, 1.165) is 24.9 Å². The SMILES string of the molecule is CC(C)CNCC1CCN(Cc2ccnn2C)C1. The lowest BCUT2D eigenvalue weighted by Gasteiger charge is -2.16. The number of aryl methyl sites for hydroxylation is 1. The molecule has 4 heteroatoms. The molecule has 1 aliphatic heterocycles. The predicted octanol–water partition coefficient (Wildman–Crippen LogP) is 1.49. The molecule has 0 saturated carbocycles. The van der Waals surface area contributed by atoms with Crippen LogP contribution in [-0.2, 0) is 13.6 Å². The van der Waals surface area contributed by atoms with Gasteiger partial charge in [0.05, 0.1) is 5.69 Å². The lowest BCUT2D eigenvalue weighted by Crippen LogP contribution is -2.28. The lowest BCUT2D eigenvalue weighted by molar-refractivity contribution is 0.304. The number of rotatable bonds is 6. The minimum Gasteiger partial charge on any atom is -0.316 e. The van der Waals surface area contributed by atoms with E-state index in [2.05, 4.69) is 35.2 Å². The zero-order valence-corrected chi connectivity index (χ0v) is 11.9. The second-order valence-corrected chi connectivity index (χ2v) is 5.89. The first-order chi connectivity index (χ1) is 8.65. The van der Waals surface area contributed by atoms with Crippen LogP contribution in [0.25, 0.3) is 0 Å². The van der Waals surface area contributed by atoms with Gasteiger partial charge in [-0.05, 0) is 44.0 Å². The molecule has 4 nitrogen and oxygen atoms in total. The predicted molar refractivity (Wildman–Crippen MR) is 74.3 cm³/mol. The normalized spacial score (nSPS) is 21.0. The van der Waals surface area contributed by atoms with E-state index >= 15 is 0 Å². The summed E-state index contributed by atoms with van der Waals surface area (Å²) in [6.45, 7) is 10.3. The lowest BCUT2D eigenvalue weighted by atomic mass is 10.1. The number of nitrogens with zero attached hydrogens (tertiary/aromatic N) is 3. The van der Waals surface area contributed by atoms with Crippen LogP contribution in [0.5, 0.6) is 0 Å². The number of hydrogen-bond donors (Lipinski definition) is 1. The molecule has 0 aromatic carbocycles. The highest BCUT2D eigenvalue weighted by atomic mass is 15.3. The largest absolute Gasteiger partial charge is 0.316 e. The van der Waals surface area contributed by atoms with Crippen molar-refractivity contribution >= 4 is 0 Å². The second kappa shape index (κ2) is 6.34. The molecule has 0 bridgehead atoms. The van der Waals surface area contributed by atoms with Gasteiger partial charge >= 0.3 is 0 Å². The minimum absolute atomic E-state index is 0.747. The summed E-state index contributed by atoms with van der Waals surface area (Å²) in [4.78, 5) is 2.54. The van der Waals surface area contributed by atoms with Crippen LogP contribution in [0.3, 0.4) is 0 Å². The van der Waals surface area contributed by atoms with Gasteiger partial charge in [0.25, 0.3) is 0 Å². The van der Waals surface area contributed by atoms with Crippen LogP contribution in [0.15, 0.2) is 12.3 Å². The Hall–Kier alpha value is -0.870. The van der Waals surface area contributed by atoms with Gasteiger partial charge in [-0.2, -0.15) is 5.10 Å². The van der Waals surface area contributed by atoms with E-state index in [9.17, 15) is 0 Å². The third-order valence-electron chi connectivity index (χ3n) is 3.66. The van der Waals surface area contributed by atoms with E-state index in [4.69, 9.17) is 0 Å². The molecule has 1 aromatic rings. The molecular formula is C14H26N4. The Balaban J connectivity index is 1.70. The van der Waals surface area contributed by atoms with Crippen molar-refractivity contribution in [2.75, 3.05) is 26.2 Å². The molecule has 1 aromatic heterocycles. The van der Waals surface area contributed by atoms with Crippen LogP contribution in [0, 0.1) is 11.8 Å². The molecule has 1 saturated heterocycles. The van der Waals surface area contributed by atoms with E-state index in [1.807, 2.05) is 17.9 Å². The Bertz CT molecular complexity index is 358. The van der Waals surface area contributed by atoms with Gasteiger partial charge in [-0.25, -0.2) is 0 Å². The fourth-order valence-corrected chi connectivity index (χ4v) is 2.58. The highest BCUT2D eigenvalue weighted by molar-refractivity contribution is 5.00. The molecule has 0 spiro atoms. The fraction of sp³-hybridized carbons (Fsp3) is 0.786. The monoisotopic (exact) mass is 250 g/mol. The van der Waals surface area contributed by atoms with Crippen molar-refractivity contribution in [2.45, 2.75) is 26.8 Å². The van der Waals surface area contributed by atoms with E-state index < -0.39 is 0 Å². The summed E-state index contributed by atoms with van der Waals surface area (Å²) >= 11 is 0. The quantitative estimate of drug-likeness (QED) is 0.830. The molecule has 1 fully saturated rings. The van der Waals surface area contributed by atoms with Crippen molar-refractivity contribution < 1.29 is 0 Å².